The molecule has 0 unspecified atom stereocenters. The first-order valence-corrected chi connectivity index (χ1v) is 8.22. The molecule has 0 radical (unpaired) electrons. The molecule has 1 aliphatic rings. The maximum absolute atomic E-state index is 5.64. The van der Waals surface area contributed by atoms with Crippen molar-refractivity contribution in [2.45, 2.75) is 71.1 Å². The van der Waals surface area contributed by atoms with Gasteiger partial charge in [-0.25, -0.2) is 0 Å². The SMILES string of the molecule is CCCCCCCOCCNCC1CCCCC1. The van der Waals surface area contributed by atoms with Crippen molar-refractivity contribution in [3.05, 3.63) is 0 Å². The Morgan fingerprint density at radius 2 is 1.72 bits per heavy atom. The summed E-state index contributed by atoms with van der Waals surface area (Å²) in [6.45, 7) is 6.34. The fraction of sp³-hybridized carbons (Fsp3) is 1.00. The Balaban J connectivity index is 1.73. The third-order valence-electron chi connectivity index (χ3n) is 3.97. The predicted octanol–water partition coefficient (Wildman–Crippen LogP) is 4.14. The summed E-state index contributed by atoms with van der Waals surface area (Å²) >= 11 is 0. The molecule has 18 heavy (non-hydrogen) atoms. The highest BCUT2D eigenvalue weighted by molar-refractivity contribution is 4.67. The van der Waals surface area contributed by atoms with Gasteiger partial charge in [0.2, 0.25) is 0 Å². The second-order valence-corrected chi connectivity index (χ2v) is 5.73. The van der Waals surface area contributed by atoms with E-state index in [1.165, 1.54) is 70.8 Å². The van der Waals surface area contributed by atoms with E-state index in [0.29, 0.717) is 0 Å². The van der Waals surface area contributed by atoms with E-state index in [1.807, 2.05) is 0 Å². The average molecular weight is 255 g/mol. The van der Waals surface area contributed by atoms with Gasteiger partial charge in [0.05, 0.1) is 6.61 Å². The van der Waals surface area contributed by atoms with Gasteiger partial charge in [-0.15, -0.1) is 0 Å². The van der Waals surface area contributed by atoms with E-state index >= 15 is 0 Å². The van der Waals surface area contributed by atoms with Crippen LogP contribution in [0.25, 0.3) is 0 Å². The number of hydrogen-bond acceptors (Lipinski definition) is 2. The highest BCUT2D eigenvalue weighted by Crippen LogP contribution is 2.22. The lowest BCUT2D eigenvalue weighted by Crippen LogP contribution is -2.27. The lowest BCUT2D eigenvalue weighted by Gasteiger charge is -2.21. The van der Waals surface area contributed by atoms with Crippen LogP contribution in [0.4, 0.5) is 0 Å². The van der Waals surface area contributed by atoms with Gasteiger partial charge in [-0.3, -0.25) is 0 Å². The van der Waals surface area contributed by atoms with Crippen LogP contribution in [-0.4, -0.2) is 26.3 Å². The van der Waals surface area contributed by atoms with Crippen molar-refractivity contribution in [3.63, 3.8) is 0 Å². The van der Waals surface area contributed by atoms with Gasteiger partial charge in [-0.05, 0) is 31.7 Å². The van der Waals surface area contributed by atoms with Gasteiger partial charge in [-0.2, -0.15) is 0 Å². The zero-order valence-corrected chi connectivity index (χ0v) is 12.4. The molecule has 1 N–H and O–H groups in total. The summed E-state index contributed by atoms with van der Waals surface area (Å²) in [5.74, 6) is 0.938. The number of ether oxygens (including phenoxy) is 1. The molecule has 2 nitrogen and oxygen atoms in total. The third kappa shape index (κ3) is 8.93. The van der Waals surface area contributed by atoms with E-state index in [0.717, 1.165) is 25.7 Å². The topological polar surface area (TPSA) is 21.3 Å². The molecule has 0 amide bonds. The minimum atomic E-state index is 0.889. The second-order valence-electron chi connectivity index (χ2n) is 5.73. The number of nitrogens with one attached hydrogen (secondary N) is 1. The minimum absolute atomic E-state index is 0.889. The molecular weight excluding hydrogens is 222 g/mol. The Morgan fingerprint density at radius 1 is 0.944 bits per heavy atom. The molecule has 0 aromatic carbocycles. The Bertz CT molecular complexity index is 166. The highest BCUT2D eigenvalue weighted by atomic mass is 16.5. The molecule has 0 bridgehead atoms. The summed E-state index contributed by atoms with van der Waals surface area (Å²) in [6.07, 6.45) is 13.9. The number of hydrogen-bond donors (Lipinski definition) is 1. The quantitative estimate of drug-likeness (QED) is 0.560. The molecule has 1 rings (SSSR count). The van der Waals surface area contributed by atoms with Crippen LogP contribution in [0, 0.1) is 5.92 Å². The summed E-state index contributed by atoms with van der Waals surface area (Å²) in [5.41, 5.74) is 0. The van der Waals surface area contributed by atoms with Gasteiger partial charge in [0.15, 0.2) is 0 Å². The Kier molecular flexibility index (Phi) is 10.6. The molecule has 1 aliphatic carbocycles. The fourth-order valence-electron chi connectivity index (χ4n) is 2.75. The first kappa shape index (κ1) is 16.0. The van der Waals surface area contributed by atoms with Crippen LogP contribution in [0.5, 0.6) is 0 Å². The van der Waals surface area contributed by atoms with Crippen LogP contribution in [-0.2, 0) is 4.74 Å². The van der Waals surface area contributed by atoms with Crippen LogP contribution in [0.2, 0.25) is 0 Å². The molecule has 1 saturated carbocycles. The lowest BCUT2D eigenvalue weighted by molar-refractivity contribution is 0.130. The Labute approximate surface area is 114 Å². The summed E-state index contributed by atoms with van der Waals surface area (Å²) in [7, 11) is 0. The average Bonchev–Trinajstić information content (AvgIpc) is 2.42. The second kappa shape index (κ2) is 12.0. The molecular formula is C16H33NO. The zero-order chi connectivity index (χ0) is 12.9. The van der Waals surface area contributed by atoms with Crippen LogP contribution < -0.4 is 5.32 Å². The van der Waals surface area contributed by atoms with E-state index in [-0.39, 0.29) is 0 Å². The van der Waals surface area contributed by atoms with Crippen LogP contribution in [0.1, 0.15) is 71.1 Å². The third-order valence-corrected chi connectivity index (χ3v) is 3.97. The standard InChI is InChI=1S/C16H33NO/c1-2-3-4-5-9-13-18-14-12-17-15-16-10-7-6-8-11-16/h16-17H,2-15H2,1H3. The first-order valence-electron chi connectivity index (χ1n) is 8.22. The van der Waals surface area contributed by atoms with Gasteiger partial charge >= 0.3 is 0 Å². The lowest BCUT2D eigenvalue weighted by atomic mass is 9.89. The van der Waals surface area contributed by atoms with E-state index < -0.39 is 0 Å². The largest absolute Gasteiger partial charge is 0.380 e. The monoisotopic (exact) mass is 255 g/mol. The van der Waals surface area contributed by atoms with Gasteiger partial charge < -0.3 is 10.1 Å². The van der Waals surface area contributed by atoms with Crippen molar-refractivity contribution in [3.8, 4) is 0 Å². The van der Waals surface area contributed by atoms with Gasteiger partial charge in [-0.1, -0.05) is 51.9 Å². The van der Waals surface area contributed by atoms with E-state index in [9.17, 15) is 0 Å². The van der Waals surface area contributed by atoms with Crippen LogP contribution >= 0.6 is 0 Å². The maximum atomic E-state index is 5.64. The van der Waals surface area contributed by atoms with Crippen molar-refractivity contribution >= 4 is 0 Å². The van der Waals surface area contributed by atoms with E-state index in [2.05, 4.69) is 12.2 Å². The van der Waals surface area contributed by atoms with Crippen LogP contribution in [0.15, 0.2) is 0 Å². The molecule has 0 atom stereocenters. The van der Waals surface area contributed by atoms with Crippen molar-refractivity contribution < 1.29 is 4.74 Å². The summed E-state index contributed by atoms with van der Waals surface area (Å²) in [4.78, 5) is 0. The van der Waals surface area contributed by atoms with Crippen molar-refractivity contribution in [2.75, 3.05) is 26.3 Å². The molecule has 108 valence electrons. The van der Waals surface area contributed by atoms with Crippen molar-refractivity contribution in [1.29, 1.82) is 0 Å². The molecule has 0 aromatic heterocycles. The van der Waals surface area contributed by atoms with E-state index in [1.54, 1.807) is 0 Å². The Morgan fingerprint density at radius 3 is 2.50 bits per heavy atom. The highest BCUT2D eigenvalue weighted by Gasteiger charge is 2.12. The molecule has 0 spiro atoms. The predicted molar refractivity (Wildman–Crippen MR) is 79.0 cm³/mol. The first-order chi connectivity index (χ1) is 8.93. The normalized spacial score (nSPS) is 17.2. The van der Waals surface area contributed by atoms with Crippen molar-refractivity contribution in [1.82, 2.24) is 5.32 Å². The Hall–Kier alpha value is -0.0800. The van der Waals surface area contributed by atoms with Gasteiger partial charge in [0, 0.05) is 13.2 Å². The smallest absolute Gasteiger partial charge is 0.0590 e. The van der Waals surface area contributed by atoms with Gasteiger partial charge in [0.1, 0.15) is 0 Å². The zero-order valence-electron chi connectivity index (χ0n) is 12.4. The number of unbranched alkanes of at least 4 members (excludes halogenated alkanes) is 4. The van der Waals surface area contributed by atoms with E-state index in [4.69, 9.17) is 4.74 Å². The minimum Gasteiger partial charge on any atom is -0.380 e. The van der Waals surface area contributed by atoms with Crippen molar-refractivity contribution in [2.24, 2.45) is 5.92 Å². The van der Waals surface area contributed by atoms with Gasteiger partial charge in [0.25, 0.3) is 0 Å². The summed E-state index contributed by atoms with van der Waals surface area (Å²) in [6, 6.07) is 0. The molecule has 2 heteroatoms. The van der Waals surface area contributed by atoms with Crippen LogP contribution in [0.3, 0.4) is 0 Å². The maximum Gasteiger partial charge on any atom is 0.0590 e. The fourth-order valence-corrected chi connectivity index (χ4v) is 2.75. The number of rotatable bonds is 11. The summed E-state index contributed by atoms with van der Waals surface area (Å²) < 4.78 is 5.64. The molecule has 0 heterocycles. The molecule has 0 aromatic rings. The summed E-state index contributed by atoms with van der Waals surface area (Å²) in [5, 5.41) is 3.54. The molecule has 1 fully saturated rings. The molecule has 0 aliphatic heterocycles. The molecule has 0 saturated heterocycles.